The number of piperazine rings is 1. The van der Waals surface area contributed by atoms with Gasteiger partial charge in [0.25, 0.3) is 5.56 Å². The fourth-order valence-electron chi connectivity index (χ4n) is 2.98. The SMILES string of the molecule is Cc1cc(=O)n(CC2CN(C)CCN2C)c(C)c1C(=O)O. The number of aryl methyl sites for hydroxylation is 1. The van der Waals surface area contributed by atoms with Crippen molar-refractivity contribution in [2.45, 2.75) is 26.4 Å². The van der Waals surface area contributed by atoms with Crippen molar-refractivity contribution in [2.24, 2.45) is 0 Å². The Morgan fingerprint density at radius 3 is 2.62 bits per heavy atom. The topological polar surface area (TPSA) is 65.8 Å². The van der Waals surface area contributed by atoms with Crippen LogP contribution < -0.4 is 5.56 Å². The summed E-state index contributed by atoms with van der Waals surface area (Å²) in [5.41, 5.74) is 1.17. The summed E-state index contributed by atoms with van der Waals surface area (Å²) in [7, 11) is 4.11. The van der Waals surface area contributed by atoms with Crippen LogP contribution in [0.4, 0.5) is 0 Å². The Kier molecular flexibility index (Phi) is 4.49. The number of carbonyl (C=O) groups is 1. The van der Waals surface area contributed by atoms with Gasteiger partial charge in [0.15, 0.2) is 0 Å². The van der Waals surface area contributed by atoms with E-state index in [1.165, 1.54) is 6.07 Å². The second-order valence-electron chi connectivity index (χ2n) is 5.94. The fourth-order valence-corrected chi connectivity index (χ4v) is 2.98. The number of hydrogen-bond donors (Lipinski definition) is 1. The molecule has 116 valence electrons. The lowest BCUT2D eigenvalue weighted by Gasteiger charge is -2.38. The molecule has 1 fully saturated rings. The first kappa shape index (κ1) is 15.7. The van der Waals surface area contributed by atoms with Crippen LogP contribution in [0.25, 0.3) is 0 Å². The molecule has 2 heterocycles. The second kappa shape index (κ2) is 5.99. The van der Waals surface area contributed by atoms with E-state index >= 15 is 0 Å². The maximum atomic E-state index is 12.2. The monoisotopic (exact) mass is 293 g/mol. The van der Waals surface area contributed by atoms with Gasteiger partial charge in [-0.15, -0.1) is 0 Å². The molecule has 1 aromatic rings. The standard InChI is InChI=1S/C15H23N3O3/c1-10-7-13(19)18(11(2)14(10)15(20)21)9-12-8-16(3)5-6-17(12)4/h7,12H,5-6,8-9H2,1-4H3,(H,20,21). The van der Waals surface area contributed by atoms with E-state index in [1.54, 1.807) is 18.4 Å². The molecular weight excluding hydrogens is 270 g/mol. The number of pyridine rings is 1. The Balaban J connectivity index is 2.38. The minimum Gasteiger partial charge on any atom is -0.478 e. The number of hydrogen-bond acceptors (Lipinski definition) is 4. The summed E-state index contributed by atoms with van der Waals surface area (Å²) in [6.45, 7) is 6.74. The Morgan fingerprint density at radius 2 is 2.00 bits per heavy atom. The van der Waals surface area contributed by atoms with Gasteiger partial charge in [0.1, 0.15) is 0 Å². The molecular formula is C15H23N3O3. The lowest BCUT2D eigenvalue weighted by Crippen LogP contribution is -2.52. The molecule has 1 N–H and O–H groups in total. The van der Waals surface area contributed by atoms with Crippen LogP contribution in [-0.2, 0) is 6.54 Å². The molecule has 0 spiro atoms. The molecule has 1 aliphatic heterocycles. The molecule has 1 unspecified atom stereocenters. The van der Waals surface area contributed by atoms with E-state index in [0.29, 0.717) is 17.8 Å². The summed E-state index contributed by atoms with van der Waals surface area (Å²) < 4.78 is 1.59. The van der Waals surface area contributed by atoms with E-state index in [-0.39, 0.29) is 17.2 Å². The first-order chi connectivity index (χ1) is 9.81. The van der Waals surface area contributed by atoms with Gasteiger partial charge in [0.05, 0.1) is 5.56 Å². The second-order valence-corrected chi connectivity index (χ2v) is 5.94. The molecule has 6 nitrogen and oxygen atoms in total. The van der Waals surface area contributed by atoms with Gasteiger partial charge >= 0.3 is 5.97 Å². The van der Waals surface area contributed by atoms with Crippen LogP contribution in [-0.4, -0.2) is 65.2 Å². The number of likely N-dealkylation sites (N-methyl/N-ethyl adjacent to an activating group) is 2. The van der Waals surface area contributed by atoms with Crippen LogP contribution in [0, 0.1) is 13.8 Å². The van der Waals surface area contributed by atoms with Crippen molar-refractivity contribution >= 4 is 5.97 Å². The number of carboxylic acids is 1. The third kappa shape index (κ3) is 3.16. The van der Waals surface area contributed by atoms with Crippen molar-refractivity contribution in [3.8, 4) is 0 Å². The molecule has 6 heteroatoms. The zero-order valence-corrected chi connectivity index (χ0v) is 13.1. The molecule has 0 aliphatic carbocycles. The van der Waals surface area contributed by atoms with E-state index in [9.17, 15) is 14.7 Å². The molecule has 0 saturated carbocycles. The highest BCUT2D eigenvalue weighted by atomic mass is 16.4. The first-order valence-corrected chi connectivity index (χ1v) is 7.14. The normalized spacial score (nSPS) is 20.7. The maximum Gasteiger partial charge on any atom is 0.337 e. The molecule has 0 radical (unpaired) electrons. The smallest absolute Gasteiger partial charge is 0.337 e. The Labute approximate surface area is 124 Å². The molecule has 1 aliphatic rings. The quantitative estimate of drug-likeness (QED) is 0.874. The highest BCUT2D eigenvalue weighted by molar-refractivity contribution is 5.90. The van der Waals surface area contributed by atoms with Crippen molar-refractivity contribution < 1.29 is 9.90 Å². The zero-order chi connectivity index (χ0) is 15.7. The van der Waals surface area contributed by atoms with Crippen LogP contribution in [0.5, 0.6) is 0 Å². The van der Waals surface area contributed by atoms with E-state index < -0.39 is 5.97 Å². The first-order valence-electron chi connectivity index (χ1n) is 7.14. The van der Waals surface area contributed by atoms with Gasteiger partial charge < -0.3 is 14.6 Å². The summed E-state index contributed by atoms with van der Waals surface area (Å²) in [6, 6.07) is 1.63. The molecule has 0 bridgehead atoms. The van der Waals surface area contributed by atoms with Crippen LogP contribution in [0.1, 0.15) is 21.6 Å². The predicted molar refractivity (Wildman–Crippen MR) is 81.1 cm³/mol. The van der Waals surface area contributed by atoms with Crippen molar-refractivity contribution in [3.63, 3.8) is 0 Å². The van der Waals surface area contributed by atoms with E-state index in [2.05, 4.69) is 16.8 Å². The average molecular weight is 293 g/mol. The molecule has 21 heavy (non-hydrogen) atoms. The highest BCUT2D eigenvalue weighted by Crippen LogP contribution is 2.14. The summed E-state index contributed by atoms with van der Waals surface area (Å²) in [5.74, 6) is -0.979. The van der Waals surface area contributed by atoms with Crippen LogP contribution in [0.2, 0.25) is 0 Å². The van der Waals surface area contributed by atoms with Crippen LogP contribution >= 0.6 is 0 Å². The largest absolute Gasteiger partial charge is 0.478 e. The van der Waals surface area contributed by atoms with Crippen LogP contribution in [0.15, 0.2) is 10.9 Å². The predicted octanol–water partition coefficient (Wildman–Crippen LogP) is 0.409. The summed E-state index contributed by atoms with van der Waals surface area (Å²) >= 11 is 0. The van der Waals surface area contributed by atoms with Gasteiger partial charge in [0, 0.05) is 44.0 Å². The van der Waals surface area contributed by atoms with E-state index in [0.717, 1.165) is 19.6 Å². The van der Waals surface area contributed by atoms with Crippen molar-refractivity contribution in [1.29, 1.82) is 0 Å². The lowest BCUT2D eigenvalue weighted by atomic mass is 10.1. The zero-order valence-electron chi connectivity index (χ0n) is 13.1. The Bertz CT molecular complexity index is 609. The van der Waals surface area contributed by atoms with Crippen molar-refractivity contribution in [1.82, 2.24) is 14.4 Å². The summed E-state index contributed by atoms with van der Waals surface area (Å²) in [6.07, 6.45) is 0. The minimum absolute atomic E-state index is 0.128. The van der Waals surface area contributed by atoms with Gasteiger partial charge in [-0.25, -0.2) is 4.79 Å². The van der Waals surface area contributed by atoms with Gasteiger partial charge in [-0.05, 0) is 33.5 Å². The van der Waals surface area contributed by atoms with Crippen LogP contribution in [0.3, 0.4) is 0 Å². The number of nitrogens with zero attached hydrogens (tertiary/aromatic N) is 3. The summed E-state index contributed by atoms with van der Waals surface area (Å²) in [4.78, 5) is 28.1. The molecule has 1 atom stereocenters. The van der Waals surface area contributed by atoms with Crippen molar-refractivity contribution in [2.75, 3.05) is 33.7 Å². The van der Waals surface area contributed by atoms with Gasteiger partial charge in [0.2, 0.25) is 0 Å². The number of aromatic carboxylic acids is 1. The molecule has 2 rings (SSSR count). The van der Waals surface area contributed by atoms with E-state index in [1.807, 2.05) is 7.05 Å². The fraction of sp³-hybridized carbons (Fsp3) is 0.600. The van der Waals surface area contributed by atoms with Gasteiger partial charge in [-0.3, -0.25) is 9.69 Å². The maximum absolute atomic E-state index is 12.2. The average Bonchev–Trinajstić information content (AvgIpc) is 2.37. The molecule has 0 amide bonds. The van der Waals surface area contributed by atoms with Gasteiger partial charge in [-0.2, -0.15) is 0 Å². The third-order valence-corrected chi connectivity index (χ3v) is 4.35. The Hall–Kier alpha value is -1.66. The number of rotatable bonds is 3. The van der Waals surface area contributed by atoms with Gasteiger partial charge in [-0.1, -0.05) is 0 Å². The summed E-state index contributed by atoms with van der Waals surface area (Å²) in [5, 5.41) is 9.33. The van der Waals surface area contributed by atoms with E-state index in [4.69, 9.17) is 0 Å². The molecule has 1 aromatic heterocycles. The minimum atomic E-state index is -0.979. The third-order valence-electron chi connectivity index (χ3n) is 4.35. The Morgan fingerprint density at radius 1 is 1.33 bits per heavy atom. The lowest BCUT2D eigenvalue weighted by molar-refractivity contribution is 0.0692. The number of carboxylic acid groups (broad SMARTS) is 1. The van der Waals surface area contributed by atoms with Crippen molar-refractivity contribution in [3.05, 3.63) is 33.2 Å². The molecule has 0 aromatic carbocycles. The highest BCUT2D eigenvalue weighted by Gasteiger charge is 2.24. The molecule has 1 saturated heterocycles. The number of aromatic nitrogens is 1.